The van der Waals surface area contributed by atoms with Gasteiger partial charge >= 0.3 is 5.97 Å². The van der Waals surface area contributed by atoms with Gasteiger partial charge in [0.15, 0.2) is 6.10 Å². The van der Waals surface area contributed by atoms with Crippen molar-refractivity contribution in [2.75, 3.05) is 5.32 Å². The molecule has 0 spiro atoms. The fourth-order valence-electron chi connectivity index (χ4n) is 2.09. The summed E-state index contributed by atoms with van der Waals surface area (Å²) in [7, 11) is 0. The van der Waals surface area contributed by atoms with Crippen molar-refractivity contribution in [1.82, 2.24) is 9.78 Å². The van der Waals surface area contributed by atoms with Crippen LogP contribution in [0.3, 0.4) is 0 Å². The average Bonchev–Trinajstić information content (AvgIpc) is 3.02. The smallest absolute Gasteiger partial charge is 0.331 e. The van der Waals surface area contributed by atoms with Crippen molar-refractivity contribution < 1.29 is 18.7 Å². The van der Waals surface area contributed by atoms with Crippen LogP contribution in [0.25, 0.3) is 6.08 Å². The number of anilines is 1. The van der Waals surface area contributed by atoms with E-state index in [1.54, 1.807) is 29.1 Å². The number of halogens is 1. The predicted molar refractivity (Wildman–Crippen MR) is 92.2 cm³/mol. The Kier molecular flexibility index (Phi) is 6.05. The summed E-state index contributed by atoms with van der Waals surface area (Å²) in [6, 6.07) is 7.76. The lowest BCUT2D eigenvalue weighted by Gasteiger charge is -2.15. The Bertz CT molecular complexity index is 783. The average molecular weight is 345 g/mol. The number of hydrogen-bond donors (Lipinski definition) is 1. The lowest BCUT2D eigenvalue weighted by Crippen LogP contribution is -2.30. The first-order chi connectivity index (χ1) is 11.9. The van der Waals surface area contributed by atoms with Crippen molar-refractivity contribution in [1.29, 1.82) is 0 Å². The van der Waals surface area contributed by atoms with Gasteiger partial charge < -0.3 is 10.1 Å². The number of esters is 1. The summed E-state index contributed by atoms with van der Waals surface area (Å²) in [5.41, 5.74) is 0.261. The second-order valence-corrected chi connectivity index (χ2v) is 5.68. The summed E-state index contributed by atoms with van der Waals surface area (Å²) in [4.78, 5) is 23.9. The zero-order valence-electron chi connectivity index (χ0n) is 14.3. The maximum atomic E-state index is 13.5. The van der Waals surface area contributed by atoms with Crippen molar-refractivity contribution in [3.05, 3.63) is 54.0 Å². The number of carbonyl (C=O) groups is 2. The second kappa shape index (κ2) is 8.23. The molecule has 1 heterocycles. The molecule has 0 bridgehead atoms. The summed E-state index contributed by atoms with van der Waals surface area (Å²) < 4.78 is 20.1. The first-order valence-corrected chi connectivity index (χ1v) is 7.86. The van der Waals surface area contributed by atoms with E-state index in [-0.39, 0.29) is 11.6 Å². The molecule has 1 aromatic heterocycles. The summed E-state index contributed by atoms with van der Waals surface area (Å²) in [5.74, 6) is -1.14. The summed E-state index contributed by atoms with van der Waals surface area (Å²) in [6.07, 6.45) is 2.95. The van der Waals surface area contributed by atoms with Crippen LogP contribution in [0.4, 0.5) is 10.2 Å². The van der Waals surface area contributed by atoms with Crippen molar-refractivity contribution in [2.24, 2.45) is 0 Å². The maximum absolute atomic E-state index is 13.5. The third-order valence-electron chi connectivity index (χ3n) is 3.38. The Balaban J connectivity index is 1.93. The Labute approximate surface area is 145 Å². The Hall–Kier alpha value is -2.96. The molecule has 132 valence electrons. The van der Waals surface area contributed by atoms with E-state index >= 15 is 0 Å². The van der Waals surface area contributed by atoms with Crippen LogP contribution in [0.1, 0.15) is 32.4 Å². The highest BCUT2D eigenvalue weighted by atomic mass is 19.1. The van der Waals surface area contributed by atoms with Crippen LogP contribution in [0, 0.1) is 5.82 Å². The van der Waals surface area contributed by atoms with Gasteiger partial charge in [0.25, 0.3) is 5.91 Å². The Morgan fingerprint density at radius 1 is 1.24 bits per heavy atom. The highest BCUT2D eigenvalue weighted by Crippen LogP contribution is 2.14. The molecule has 1 amide bonds. The number of amides is 1. The van der Waals surface area contributed by atoms with Crippen LogP contribution in [0.5, 0.6) is 0 Å². The first-order valence-electron chi connectivity index (χ1n) is 7.86. The van der Waals surface area contributed by atoms with E-state index in [0.717, 1.165) is 6.08 Å². The number of nitrogens with one attached hydrogen (secondary N) is 1. The van der Waals surface area contributed by atoms with Crippen molar-refractivity contribution in [3.63, 3.8) is 0 Å². The molecule has 6 nitrogen and oxygen atoms in total. The predicted octanol–water partition coefficient (Wildman–Crippen LogP) is 3.19. The minimum atomic E-state index is -1.01. The minimum absolute atomic E-state index is 0.0758. The molecule has 2 aromatic rings. The monoisotopic (exact) mass is 345 g/mol. The van der Waals surface area contributed by atoms with Gasteiger partial charge in [0.05, 0.1) is 6.20 Å². The molecule has 1 atom stereocenters. The molecule has 0 aliphatic rings. The fraction of sp³-hybridized carbons (Fsp3) is 0.278. The molecule has 0 aliphatic carbocycles. The number of ether oxygens (including phenoxy) is 1. The van der Waals surface area contributed by atoms with E-state index < -0.39 is 23.8 Å². The molecule has 25 heavy (non-hydrogen) atoms. The highest BCUT2D eigenvalue weighted by Gasteiger charge is 2.18. The molecule has 1 aromatic carbocycles. The lowest BCUT2D eigenvalue weighted by atomic mass is 10.2. The third-order valence-corrected chi connectivity index (χ3v) is 3.38. The molecule has 0 radical (unpaired) electrons. The van der Waals surface area contributed by atoms with E-state index in [2.05, 4.69) is 10.4 Å². The van der Waals surface area contributed by atoms with Crippen molar-refractivity contribution in [2.45, 2.75) is 32.9 Å². The van der Waals surface area contributed by atoms with Gasteiger partial charge in [0.2, 0.25) is 0 Å². The van der Waals surface area contributed by atoms with Gasteiger partial charge in [-0.3, -0.25) is 4.79 Å². The van der Waals surface area contributed by atoms with Crippen molar-refractivity contribution in [3.8, 4) is 0 Å². The van der Waals surface area contributed by atoms with E-state index in [0.29, 0.717) is 5.82 Å². The number of carbonyl (C=O) groups excluding carboxylic acids is 2. The summed E-state index contributed by atoms with van der Waals surface area (Å²) in [5, 5.41) is 6.77. The molecule has 2 rings (SSSR count). The molecule has 1 N–H and O–H groups in total. The van der Waals surface area contributed by atoms with Crippen LogP contribution in [-0.2, 0) is 14.3 Å². The van der Waals surface area contributed by atoms with Gasteiger partial charge in [-0.05, 0) is 32.9 Å². The SMILES string of the molecule is CC(C)n1nccc1NC(=O)[C@H](C)OC(=O)/C=C/c1ccccc1F. The maximum Gasteiger partial charge on any atom is 0.331 e. The quantitative estimate of drug-likeness (QED) is 0.645. The molecular weight excluding hydrogens is 325 g/mol. The molecule has 0 unspecified atom stereocenters. The Morgan fingerprint density at radius 2 is 1.96 bits per heavy atom. The van der Waals surface area contributed by atoms with E-state index in [1.807, 2.05) is 13.8 Å². The number of benzene rings is 1. The van der Waals surface area contributed by atoms with Crippen LogP contribution in [0.2, 0.25) is 0 Å². The molecule has 0 saturated carbocycles. The van der Waals surface area contributed by atoms with Crippen molar-refractivity contribution >= 4 is 23.8 Å². The van der Waals surface area contributed by atoms with Crippen LogP contribution >= 0.6 is 0 Å². The number of aromatic nitrogens is 2. The molecule has 0 saturated heterocycles. The molecule has 7 heteroatoms. The normalized spacial score (nSPS) is 12.4. The number of nitrogens with zero attached hydrogens (tertiary/aromatic N) is 2. The molecular formula is C18H20FN3O3. The van der Waals surface area contributed by atoms with E-state index in [1.165, 1.54) is 25.1 Å². The summed E-state index contributed by atoms with van der Waals surface area (Å²) >= 11 is 0. The standard InChI is InChI=1S/C18H20FN3O3/c1-12(2)22-16(10-11-20-22)21-18(24)13(3)25-17(23)9-8-14-6-4-5-7-15(14)19/h4-13H,1-3H3,(H,21,24)/b9-8+/t13-/m0/s1. The zero-order chi connectivity index (χ0) is 18.4. The highest BCUT2D eigenvalue weighted by molar-refractivity contribution is 5.96. The fourth-order valence-corrected chi connectivity index (χ4v) is 2.09. The zero-order valence-corrected chi connectivity index (χ0v) is 14.3. The topological polar surface area (TPSA) is 73.2 Å². The van der Waals surface area contributed by atoms with Crippen LogP contribution in [0.15, 0.2) is 42.6 Å². The van der Waals surface area contributed by atoms with Gasteiger partial charge in [0.1, 0.15) is 11.6 Å². The first kappa shape index (κ1) is 18.4. The van der Waals surface area contributed by atoms with Gasteiger partial charge in [-0.1, -0.05) is 18.2 Å². The second-order valence-electron chi connectivity index (χ2n) is 5.68. The third kappa shape index (κ3) is 5.00. The molecule has 0 fully saturated rings. The van der Waals surface area contributed by atoms with Gasteiger partial charge in [-0.25, -0.2) is 13.9 Å². The van der Waals surface area contributed by atoms with E-state index in [9.17, 15) is 14.0 Å². The Morgan fingerprint density at radius 3 is 2.64 bits per heavy atom. The van der Waals surface area contributed by atoms with Gasteiger partial charge in [-0.2, -0.15) is 5.10 Å². The van der Waals surface area contributed by atoms with Gasteiger partial charge in [-0.15, -0.1) is 0 Å². The van der Waals surface area contributed by atoms with E-state index in [4.69, 9.17) is 4.74 Å². The van der Waals surface area contributed by atoms with Crippen LogP contribution < -0.4 is 5.32 Å². The van der Waals surface area contributed by atoms with Gasteiger partial charge in [0, 0.05) is 23.7 Å². The number of rotatable bonds is 6. The molecule has 0 aliphatic heterocycles. The number of hydrogen-bond acceptors (Lipinski definition) is 4. The van der Waals surface area contributed by atoms with Crippen LogP contribution in [-0.4, -0.2) is 27.8 Å². The largest absolute Gasteiger partial charge is 0.449 e. The summed E-state index contributed by atoms with van der Waals surface area (Å²) in [6.45, 7) is 5.32. The lowest BCUT2D eigenvalue weighted by molar-refractivity contribution is -0.148. The minimum Gasteiger partial charge on any atom is -0.449 e.